The number of carboxylic acids is 1. The minimum absolute atomic E-state index is 0.000461. The summed E-state index contributed by atoms with van der Waals surface area (Å²) in [7, 11) is 0. The Morgan fingerprint density at radius 1 is 1.60 bits per heavy atom. The molecule has 1 aromatic rings. The molecule has 1 atom stereocenters. The van der Waals surface area contributed by atoms with E-state index in [4.69, 9.17) is 11.5 Å². The lowest BCUT2D eigenvalue weighted by molar-refractivity contribution is -0.136. The Kier molecular flexibility index (Phi) is 3.75. The highest BCUT2D eigenvalue weighted by Crippen LogP contribution is 2.16. The first-order chi connectivity index (χ1) is 7.13. The molecule has 0 radical (unpaired) electrons. The van der Waals surface area contributed by atoms with E-state index in [1.807, 2.05) is 25.1 Å². The van der Waals surface area contributed by atoms with Crippen LogP contribution in [0.25, 0.3) is 0 Å². The maximum absolute atomic E-state index is 10.6. The number of anilines is 1. The summed E-state index contributed by atoms with van der Waals surface area (Å²) in [5.74, 6) is 1.69. The summed E-state index contributed by atoms with van der Waals surface area (Å²) in [5, 5.41) is 11.8. The van der Waals surface area contributed by atoms with Crippen LogP contribution in [0.5, 0.6) is 0 Å². The van der Waals surface area contributed by atoms with Crippen molar-refractivity contribution in [2.45, 2.75) is 19.4 Å². The average molecular weight is 203 g/mol. The summed E-state index contributed by atoms with van der Waals surface area (Å²) in [5.41, 5.74) is 1.53. The van der Waals surface area contributed by atoms with Gasteiger partial charge in [-0.3, -0.25) is 4.79 Å². The number of aliphatic carboxylic acids is 1. The van der Waals surface area contributed by atoms with Crippen LogP contribution in [0.3, 0.4) is 0 Å². The molecule has 0 saturated carbocycles. The molecule has 15 heavy (non-hydrogen) atoms. The smallest absolute Gasteiger partial charge is 0.307 e. The van der Waals surface area contributed by atoms with E-state index in [1.165, 1.54) is 0 Å². The van der Waals surface area contributed by atoms with Crippen LogP contribution in [0.15, 0.2) is 24.3 Å². The number of carbonyl (C=O) groups is 1. The SMILES string of the molecule is C#CC(C)Nc1ccccc1CC(=O)O. The Balaban J connectivity index is 2.87. The van der Waals surface area contributed by atoms with Gasteiger partial charge in [0.05, 0.1) is 12.5 Å². The highest BCUT2D eigenvalue weighted by atomic mass is 16.4. The molecule has 1 rings (SSSR count). The van der Waals surface area contributed by atoms with Gasteiger partial charge in [0.25, 0.3) is 0 Å². The molecule has 1 unspecified atom stereocenters. The highest BCUT2D eigenvalue weighted by molar-refractivity contribution is 5.73. The van der Waals surface area contributed by atoms with Gasteiger partial charge < -0.3 is 10.4 Å². The fourth-order valence-corrected chi connectivity index (χ4v) is 1.25. The van der Waals surface area contributed by atoms with Gasteiger partial charge in [-0.15, -0.1) is 6.42 Å². The van der Waals surface area contributed by atoms with E-state index in [0.29, 0.717) is 0 Å². The first-order valence-corrected chi connectivity index (χ1v) is 4.66. The molecule has 2 N–H and O–H groups in total. The molecule has 0 heterocycles. The number of terminal acetylenes is 1. The first kappa shape index (κ1) is 11.1. The predicted molar refractivity (Wildman–Crippen MR) is 59.7 cm³/mol. The van der Waals surface area contributed by atoms with Gasteiger partial charge in [0.1, 0.15) is 0 Å². The molecule has 3 nitrogen and oxygen atoms in total. The fourth-order valence-electron chi connectivity index (χ4n) is 1.25. The molecule has 3 heteroatoms. The molecule has 0 amide bonds. The fraction of sp³-hybridized carbons (Fsp3) is 0.250. The van der Waals surface area contributed by atoms with Gasteiger partial charge in [-0.05, 0) is 18.6 Å². The van der Waals surface area contributed by atoms with Crippen molar-refractivity contribution in [1.82, 2.24) is 0 Å². The summed E-state index contributed by atoms with van der Waals surface area (Å²) in [6, 6.07) is 7.15. The average Bonchev–Trinajstić information content (AvgIpc) is 2.20. The lowest BCUT2D eigenvalue weighted by Crippen LogP contribution is -2.14. The van der Waals surface area contributed by atoms with E-state index in [2.05, 4.69) is 11.2 Å². The number of benzene rings is 1. The predicted octanol–water partition coefficient (Wildman–Crippen LogP) is 1.75. The topological polar surface area (TPSA) is 49.3 Å². The normalized spacial score (nSPS) is 11.5. The second kappa shape index (κ2) is 5.06. The van der Waals surface area contributed by atoms with Crippen molar-refractivity contribution >= 4 is 11.7 Å². The van der Waals surface area contributed by atoms with Crippen molar-refractivity contribution in [2.75, 3.05) is 5.32 Å². The summed E-state index contributed by atoms with van der Waals surface area (Å²) in [6.45, 7) is 1.84. The van der Waals surface area contributed by atoms with Crippen LogP contribution in [0.2, 0.25) is 0 Å². The Hall–Kier alpha value is -1.95. The van der Waals surface area contributed by atoms with Crippen LogP contribution >= 0.6 is 0 Å². The van der Waals surface area contributed by atoms with Crippen LogP contribution in [0, 0.1) is 12.3 Å². The zero-order valence-electron chi connectivity index (χ0n) is 8.53. The standard InChI is InChI=1S/C12H13NO2/c1-3-9(2)13-11-7-5-4-6-10(11)8-12(14)15/h1,4-7,9,13H,8H2,2H3,(H,14,15). The summed E-state index contributed by atoms with van der Waals surface area (Å²) in [4.78, 5) is 10.6. The van der Waals surface area contributed by atoms with Crippen molar-refractivity contribution in [2.24, 2.45) is 0 Å². The van der Waals surface area contributed by atoms with Crippen LogP contribution in [-0.2, 0) is 11.2 Å². The second-order valence-corrected chi connectivity index (χ2v) is 3.26. The minimum Gasteiger partial charge on any atom is -0.481 e. The maximum Gasteiger partial charge on any atom is 0.307 e. The Morgan fingerprint density at radius 3 is 2.87 bits per heavy atom. The third-order valence-corrected chi connectivity index (χ3v) is 1.98. The number of para-hydroxylation sites is 1. The number of nitrogens with one attached hydrogen (secondary N) is 1. The van der Waals surface area contributed by atoms with Crippen LogP contribution < -0.4 is 5.32 Å². The Morgan fingerprint density at radius 2 is 2.27 bits per heavy atom. The molecule has 1 aromatic carbocycles. The molecule has 0 aliphatic rings. The molecule has 0 aliphatic heterocycles. The van der Waals surface area contributed by atoms with Gasteiger partial charge in [-0.1, -0.05) is 24.1 Å². The maximum atomic E-state index is 10.6. The van der Waals surface area contributed by atoms with E-state index in [0.717, 1.165) is 11.3 Å². The number of hydrogen-bond donors (Lipinski definition) is 2. The van der Waals surface area contributed by atoms with Crippen molar-refractivity contribution < 1.29 is 9.90 Å². The summed E-state index contributed by atoms with van der Waals surface area (Å²) in [6.07, 6.45) is 5.24. The van der Waals surface area contributed by atoms with E-state index in [1.54, 1.807) is 6.07 Å². The second-order valence-electron chi connectivity index (χ2n) is 3.26. The van der Waals surface area contributed by atoms with Crippen LogP contribution in [0.1, 0.15) is 12.5 Å². The summed E-state index contributed by atoms with van der Waals surface area (Å²) >= 11 is 0. The third kappa shape index (κ3) is 3.35. The van der Waals surface area contributed by atoms with Crippen LogP contribution in [0.4, 0.5) is 5.69 Å². The van der Waals surface area contributed by atoms with Gasteiger partial charge >= 0.3 is 5.97 Å². The monoisotopic (exact) mass is 203 g/mol. The molecule has 0 saturated heterocycles. The Bertz CT molecular complexity index is 393. The number of hydrogen-bond acceptors (Lipinski definition) is 2. The van der Waals surface area contributed by atoms with Gasteiger partial charge in [-0.2, -0.15) is 0 Å². The largest absolute Gasteiger partial charge is 0.481 e. The van der Waals surface area contributed by atoms with Gasteiger partial charge in [0.2, 0.25) is 0 Å². The number of carboxylic acid groups (broad SMARTS) is 1. The van der Waals surface area contributed by atoms with Crippen LogP contribution in [-0.4, -0.2) is 17.1 Å². The molecule has 0 aromatic heterocycles. The van der Waals surface area contributed by atoms with Gasteiger partial charge in [-0.25, -0.2) is 0 Å². The Labute approximate surface area is 89.1 Å². The molecule has 0 fully saturated rings. The number of rotatable bonds is 4. The lowest BCUT2D eigenvalue weighted by atomic mass is 10.1. The third-order valence-electron chi connectivity index (χ3n) is 1.98. The molecular formula is C12H13NO2. The zero-order chi connectivity index (χ0) is 11.3. The zero-order valence-corrected chi connectivity index (χ0v) is 8.53. The molecular weight excluding hydrogens is 190 g/mol. The van der Waals surface area contributed by atoms with Gasteiger partial charge in [0, 0.05) is 5.69 Å². The van der Waals surface area contributed by atoms with E-state index < -0.39 is 5.97 Å². The molecule has 78 valence electrons. The highest BCUT2D eigenvalue weighted by Gasteiger charge is 2.06. The minimum atomic E-state index is -0.849. The van der Waals surface area contributed by atoms with E-state index >= 15 is 0 Å². The van der Waals surface area contributed by atoms with Crippen molar-refractivity contribution in [1.29, 1.82) is 0 Å². The summed E-state index contributed by atoms with van der Waals surface area (Å²) < 4.78 is 0. The van der Waals surface area contributed by atoms with Gasteiger partial charge in [0.15, 0.2) is 0 Å². The van der Waals surface area contributed by atoms with Crippen molar-refractivity contribution in [3.05, 3.63) is 29.8 Å². The molecule has 0 spiro atoms. The molecule has 0 aliphatic carbocycles. The van der Waals surface area contributed by atoms with E-state index in [-0.39, 0.29) is 12.5 Å². The van der Waals surface area contributed by atoms with Crippen molar-refractivity contribution in [3.63, 3.8) is 0 Å². The quantitative estimate of drug-likeness (QED) is 0.733. The first-order valence-electron chi connectivity index (χ1n) is 4.66. The molecule has 0 bridgehead atoms. The lowest BCUT2D eigenvalue weighted by Gasteiger charge is -2.12. The van der Waals surface area contributed by atoms with Crippen molar-refractivity contribution in [3.8, 4) is 12.3 Å². The van der Waals surface area contributed by atoms with E-state index in [9.17, 15) is 4.79 Å².